The van der Waals surface area contributed by atoms with Gasteiger partial charge in [0.05, 0.1) is 12.8 Å². The van der Waals surface area contributed by atoms with Crippen molar-refractivity contribution in [3.8, 4) is 5.75 Å². The van der Waals surface area contributed by atoms with Gasteiger partial charge in [0.1, 0.15) is 5.75 Å². The second-order valence-electron chi connectivity index (χ2n) is 4.63. The minimum absolute atomic E-state index is 0.277. The Hall–Kier alpha value is -2.33. The van der Waals surface area contributed by atoms with E-state index >= 15 is 0 Å². The first kappa shape index (κ1) is 16.0. The van der Waals surface area contributed by atoms with Gasteiger partial charge in [0, 0.05) is 10.6 Å². The molecular formula is C17H17ClN2O2. The van der Waals surface area contributed by atoms with Crippen LogP contribution in [-0.2, 0) is 0 Å². The lowest BCUT2D eigenvalue weighted by Crippen LogP contribution is -2.17. The molecule has 0 bridgehead atoms. The fourth-order valence-corrected chi connectivity index (χ4v) is 1.94. The van der Waals surface area contributed by atoms with Crippen molar-refractivity contribution in [3.05, 3.63) is 64.7 Å². The van der Waals surface area contributed by atoms with Crippen LogP contribution in [-0.4, -0.2) is 18.7 Å². The minimum atomic E-state index is -0.277. The van der Waals surface area contributed by atoms with Crippen LogP contribution in [0.25, 0.3) is 0 Å². The highest BCUT2D eigenvalue weighted by Gasteiger charge is 2.04. The van der Waals surface area contributed by atoms with Gasteiger partial charge < -0.3 is 4.74 Å². The lowest BCUT2D eigenvalue weighted by atomic mass is 10.2. The van der Waals surface area contributed by atoms with Crippen molar-refractivity contribution in [2.45, 2.75) is 13.3 Å². The highest BCUT2D eigenvalue weighted by molar-refractivity contribution is 6.30. The monoisotopic (exact) mass is 316 g/mol. The van der Waals surface area contributed by atoms with Gasteiger partial charge >= 0.3 is 0 Å². The first-order valence-corrected chi connectivity index (χ1v) is 7.38. The molecule has 5 heteroatoms. The van der Waals surface area contributed by atoms with Crippen molar-refractivity contribution >= 4 is 23.7 Å². The summed E-state index contributed by atoms with van der Waals surface area (Å²) in [6.07, 6.45) is 2.49. The second-order valence-corrected chi connectivity index (χ2v) is 5.06. The maximum atomic E-state index is 11.9. The summed E-state index contributed by atoms with van der Waals surface area (Å²) in [5, 5.41) is 4.54. The molecule has 1 N–H and O–H groups in total. The molecule has 0 radical (unpaired) electrons. The number of benzene rings is 2. The van der Waals surface area contributed by atoms with E-state index in [-0.39, 0.29) is 5.91 Å². The number of nitrogens with zero attached hydrogens (tertiary/aromatic N) is 1. The number of hydrogen-bond donors (Lipinski definition) is 1. The van der Waals surface area contributed by atoms with Gasteiger partial charge in [0.2, 0.25) is 0 Å². The molecule has 1 amide bonds. The molecule has 0 fully saturated rings. The first-order valence-electron chi connectivity index (χ1n) is 7.01. The Balaban J connectivity index is 1.91. The molecule has 0 aromatic heterocycles. The highest BCUT2D eigenvalue weighted by Crippen LogP contribution is 2.12. The molecule has 0 aliphatic rings. The van der Waals surface area contributed by atoms with E-state index in [0.717, 1.165) is 17.7 Å². The van der Waals surface area contributed by atoms with Gasteiger partial charge in [-0.15, -0.1) is 0 Å². The van der Waals surface area contributed by atoms with E-state index in [0.29, 0.717) is 17.2 Å². The zero-order valence-electron chi connectivity index (χ0n) is 12.3. The number of carbonyl (C=O) groups is 1. The standard InChI is InChI=1S/C17H17ClN2O2/c1-2-10-22-16-8-6-14(7-9-16)17(21)20-19-12-13-4-3-5-15(18)11-13/h3-9,11-12H,2,10H2,1H3,(H,20,21)/b19-12+. The molecule has 0 unspecified atom stereocenters. The molecule has 0 saturated carbocycles. The molecule has 2 aromatic carbocycles. The van der Waals surface area contributed by atoms with E-state index in [4.69, 9.17) is 16.3 Å². The van der Waals surface area contributed by atoms with Crippen molar-refractivity contribution in [2.24, 2.45) is 5.10 Å². The second kappa shape index (κ2) is 8.20. The van der Waals surface area contributed by atoms with E-state index in [1.54, 1.807) is 42.6 Å². The highest BCUT2D eigenvalue weighted by atomic mass is 35.5. The summed E-state index contributed by atoms with van der Waals surface area (Å²) in [4.78, 5) is 11.9. The first-order chi connectivity index (χ1) is 10.7. The average molecular weight is 317 g/mol. The van der Waals surface area contributed by atoms with Crippen LogP contribution in [0.3, 0.4) is 0 Å². The Morgan fingerprint density at radius 2 is 2.05 bits per heavy atom. The normalized spacial score (nSPS) is 10.6. The predicted octanol–water partition coefficient (Wildman–Crippen LogP) is 3.89. The lowest BCUT2D eigenvalue weighted by Gasteiger charge is -2.05. The summed E-state index contributed by atoms with van der Waals surface area (Å²) < 4.78 is 5.47. The number of hydrazone groups is 1. The Morgan fingerprint density at radius 3 is 2.73 bits per heavy atom. The molecule has 0 aliphatic heterocycles. The molecule has 0 saturated heterocycles. The van der Waals surface area contributed by atoms with Crippen LogP contribution >= 0.6 is 11.6 Å². The molecule has 2 aromatic rings. The van der Waals surface area contributed by atoms with Crippen molar-refractivity contribution in [1.29, 1.82) is 0 Å². The molecule has 22 heavy (non-hydrogen) atoms. The summed E-state index contributed by atoms with van der Waals surface area (Å²) in [5.74, 6) is 0.473. The van der Waals surface area contributed by atoms with Gasteiger partial charge in [-0.2, -0.15) is 5.10 Å². The third-order valence-corrected chi connectivity index (χ3v) is 3.05. The van der Waals surface area contributed by atoms with Crippen molar-refractivity contribution in [3.63, 3.8) is 0 Å². The molecule has 2 rings (SSSR count). The van der Waals surface area contributed by atoms with Crippen LogP contribution in [0.15, 0.2) is 53.6 Å². The lowest BCUT2D eigenvalue weighted by molar-refractivity contribution is 0.0955. The number of ether oxygens (including phenoxy) is 1. The molecule has 0 aliphatic carbocycles. The summed E-state index contributed by atoms with van der Waals surface area (Å²) in [5.41, 5.74) is 3.81. The van der Waals surface area contributed by atoms with E-state index in [9.17, 15) is 4.79 Å². The Labute approximate surface area is 134 Å². The number of rotatable bonds is 6. The van der Waals surface area contributed by atoms with Crippen molar-refractivity contribution in [2.75, 3.05) is 6.61 Å². The number of halogens is 1. The quantitative estimate of drug-likeness (QED) is 0.649. The number of nitrogens with one attached hydrogen (secondary N) is 1. The molecule has 0 atom stereocenters. The zero-order valence-corrected chi connectivity index (χ0v) is 13.0. The van der Waals surface area contributed by atoms with Crippen LogP contribution in [0.2, 0.25) is 5.02 Å². The molecule has 0 heterocycles. The molecule has 114 valence electrons. The van der Waals surface area contributed by atoms with Crippen molar-refractivity contribution < 1.29 is 9.53 Å². The Morgan fingerprint density at radius 1 is 1.27 bits per heavy atom. The Bertz CT molecular complexity index is 654. The van der Waals surface area contributed by atoms with Crippen LogP contribution in [0.4, 0.5) is 0 Å². The number of amides is 1. The van der Waals surface area contributed by atoms with Gasteiger partial charge in [0.15, 0.2) is 0 Å². The van der Waals surface area contributed by atoms with Gasteiger partial charge in [-0.1, -0.05) is 30.7 Å². The maximum Gasteiger partial charge on any atom is 0.271 e. The molecule has 0 spiro atoms. The van der Waals surface area contributed by atoms with E-state index < -0.39 is 0 Å². The third-order valence-electron chi connectivity index (χ3n) is 2.82. The third kappa shape index (κ3) is 4.90. The smallest absolute Gasteiger partial charge is 0.271 e. The topological polar surface area (TPSA) is 50.7 Å². The summed E-state index contributed by atoms with van der Waals surface area (Å²) in [6, 6.07) is 14.2. The zero-order chi connectivity index (χ0) is 15.8. The van der Waals surface area contributed by atoms with Gasteiger partial charge in [0.25, 0.3) is 5.91 Å². The van der Waals surface area contributed by atoms with Crippen LogP contribution in [0.5, 0.6) is 5.75 Å². The minimum Gasteiger partial charge on any atom is -0.494 e. The summed E-state index contributed by atoms with van der Waals surface area (Å²) >= 11 is 5.87. The van der Waals surface area contributed by atoms with Gasteiger partial charge in [-0.05, 0) is 48.4 Å². The van der Waals surface area contributed by atoms with E-state index in [1.807, 2.05) is 19.1 Å². The molecule has 4 nitrogen and oxygen atoms in total. The van der Waals surface area contributed by atoms with Crippen LogP contribution < -0.4 is 10.2 Å². The summed E-state index contributed by atoms with van der Waals surface area (Å²) in [6.45, 7) is 2.70. The number of carbonyl (C=O) groups excluding carboxylic acids is 1. The maximum absolute atomic E-state index is 11.9. The fourth-order valence-electron chi connectivity index (χ4n) is 1.74. The average Bonchev–Trinajstić information content (AvgIpc) is 2.53. The van der Waals surface area contributed by atoms with E-state index in [2.05, 4.69) is 10.5 Å². The van der Waals surface area contributed by atoms with Gasteiger partial charge in [-0.3, -0.25) is 4.79 Å². The van der Waals surface area contributed by atoms with Crippen LogP contribution in [0.1, 0.15) is 29.3 Å². The number of hydrogen-bond acceptors (Lipinski definition) is 3. The Kier molecular flexibility index (Phi) is 5.98. The SMILES string of the molecule is CCCOc1ccc(C(=O)N/N=C/c2cccc(Cl)c2)cc1. The molecular weight excluding hydrogens is 300 g/mol. The fraction of sp³-hybridized carbons (Fsp3) is 0.176. The van der Waals surface area contributed by atoms with Gasteiger partial charge in [-0.25, -0.2) is 5.43 Å². The van der Waals surface area contributed by atoms with E-state index in [1.165, 1.54) is 0 Å². The summed E-state index contributed by atoms with van der Waals surface area (Å²) in [7, 11) is 0. The van der Waals surface area contributed by atoms with Crippen LogP contribution in [0, 0.1) is 0 Å². The predicted molar refractivity (Wildman–Crippen MR) is 88.7 cm³/mol. The largest absolute Gasteiger partial charge is 0.494 e. The van der Waals surface area contributed by atoms with Crippen molar-refractivity contribution in [1.82, 2.24) is 5.43 Å².